The molecule has 1 aromatic rings. The van der Waals surface area contributed by atoms with Crippen molar-refractivity contribution in [1.29, 1.82) is 0 Å². The van der Waals surface area contributed by atoms with E-state index in [9.17, 15) is 19.5 Å². The molecule has 0 bridgehead atoms. The summed E-state index contributed by atoms with van der Waals surface area (Å²) in [6.45, 7) is 3.91. The second kappa shape index (κ2) is 13.6. The number of halogens is 3. The number of anilines is 1. The van der Waals surface area contributed by atoms with Gasteiger partial charge in [-0.3, -0.25) is 9.59 Å². The van der Waals surface area contributed by atoms with Gasteiger partial charge in [-0.2, -0.15) is 0 Å². The van der Waals surface area contributed by atoms with Crippen LogP contribution in [0.15, 0.2) is 24.8 Å². The third kappa shape index (κ3) is 7.59. The van der Waals surface area contributed by atoms with Gasteiger partial charge in [-0.05, 0) is 38.2 Å². The van der Waals surface area contributed by atoms with Gasteiger partial charge >= 0.3 is 12.1 Å². The molecule has 1 saturated heterocycles. The summed E-state index contributed by atoms with van der Waals surface area (Å²) in [5.74, 6) is -0.181. The number of alkyl halides is 3. The van der Waals surface area contributed by atoms with E-state index in [-0.39, 0.29) is 49.1 Å². The summed E-state index contributed by atoms with van der Waals surface area (Å²) in [7, 11) is 1.45. The molecule has 2 amide bonds. The Morgan fingerprint density at radius 2 is 1.95 bits per heavy atom. The lowest BCUT2D eigenvalue weighted by Gasteiger charge is -2.31. The fourth-order valence-electron chi connectivity index (χ4n) is 4.39. The van der Waals surface area contributed by atoms with Crippen molar-refractivity contribution in [3.05, 3.63) is 30.4 Å². The zero-order valence-electron chi connectivity index (χ0n) is 21.0. The summed E-state index contributed by atoms with van der Waals surface area (Å²) in [6.07, 6.45) is 2.53. The number of aliphatic hydroxyl groups excluding tert-OH is 1. The Morgan fingerprint density at radius 1 is 1.18 bits per heavy atom. The predicted molar refractivity (Wildman–Crippen MR) is 142 cm³/mol. The van der Waals surface area contributed by atoms with Crippen LogP contribution in [0.1, 0.15) is 48.9 Å². The zero-order valence-corrected chi connectivity index (χ0v) is 23.3. The number of carbonyl (C=O) groups excluding carboxylic acids is 3. The van der Waals surface area contributed by atoms with Crippen LogP contribution in [0.3, 0.4) is 0 Å². The summed E-state index contributed by atoms with van der Waals surface area (Å²) >= 11 is 16.7. The molecule has 2 atom stereocenters. The molecule has 1 unspecified atom stereocenters. The van der Waals surface area contributed by atoms with Gasteiger partial charge < -0.3 is 29.0 Å². The first-order chi connectivity index (χ1) is 18.1. The molecule has 38 heavy (non-hydrogen) atoms. The molecule has 1 fully saturated rings. The summed E-state index contributed by atoms with van der Waals surface area (Å²) in [4.78, 5) is 40.7. The third-order valence-corrected chi connectivity index (χ3v) is 6.47. The zero-order chi connectivity index (χ0) is 27.9. The predicted octanol–water partition coefficient (Wildman–Crippen LogP) is 4.61. The van der Waals surface area contributed by atoms with Crippen molar-refractivity contribution < 1.29 is 38.4 Å². The molecule has 2 aliphatic heterocycles. The summed E-state index contributed by atoms with van der Waals surface area (Å²) < 4.78 is 19.8. The van der Waals surface area contributed by atoms with Crippen molar-refractivity contribution in [3.63, 3.8) is 0 Å². The van der Waals surface area contributed by atoms with Gasteiger partial charge in [-0.1, -0.05) is 47.5 Å². The number of unbranched alkanes of at least 4 members (excludes halogenated alkanes) is 2. The van der Waals surface area contributed by atoms with Crippen molar-refractivity contribution >= 4 is 58.5 Å². The van der Waals surface area contributed by atoms with Gasteiger partial charge in [0.05, 0.1) is 31.0 Å². The second-order valence-electron chi connectivity index (χ2n) is 8.81. The summed E-state index contributed by atoms with van der Waals surface area (Å²) in [6, 6.07) is 2.44. The average Bonchev–Trinajstić information content (AvgIpc) is 3.35. The maximum Gasteiger partial charge on any atom is 0.416 e. The minimum Gasteiger partial charge on any atom is -0.493 e. The van der Waals surface area contributed by atoms with Gasteiger partial charge in [-0.15, -0.1) is 0 Å². The fraction of sp³-hybridized carbons (Fsp3) is 0.560. The number of nitrogens with zero attached hydrogens (tertiary/aromatic N) is 2. The van der Waals surface area contributed by atoms with E-state index in [0.717, 1.165) is 4.90 Å². The monoisotopic (exact) mass is 592 g/mol. The molecular weight excluding hydrogens is 563 g/mol. The molecule has 0 saturated carbocycles. The molecule has 0 spiro atoms. The van der Waals surface area contributed by atoms with E-state index in [1.807, 2.05) is 0 Å². The van der Waals surface area contributed by atoms with Gasteiger partial charge in [0.15, 0.2) is 17.7 Å². The molecule has 13 heteroatoms. The van der Waals surface area contributed by atoms with Crippen molar-refractivity contribution in [1.82, 2.24) is 4.90 Å². The first-order valence-corrected chi connectivity index (χ1v) is 13.3. The van der Waals surface area contributed by atoms with E-state index in [4.69, 9.17) is 53.8 Å². The van der Waals surface area contributed by atoms with E-state index in [1.165, 1.54) is 25.3 Å². The number of aliphatic hydroxyl groups is 1. The molecular formula is C25H31Cl3N2O8. The maximum absolute atomic E-state index is 13.4. The minimum absolute atomic E-state index is 0.0583. The Hall–Kier alpha value is -2.40. The van der Waals surface area contributed by atoms with Crippen LogP contribution >= 0.6 is 34.8 Å². The van der Waals surface area contributed by atoms with Crippen LogP contribution < -0.4 is 14.4 Å². The number of fused-ring (bicyclic) bond motifs is 2. The Kier molecular flexibility index (Phi) is 10.8. The number of hydrogen-bond acceptors (Lipinski definition) is 8. The summed E-state index contributed by atoms with van der Waals surface area (Å²) in [5.41, 5.74) is 0.361. The van der Waals surface area contributed by atoms with Gasteiger partial charge in [-0.25, -0.2) is 9.69 Å². The number of rotatable bonds is 11. The van der Waals surface area contributed by atoms with Crippen molar-refractivity contribution in [2.75, 3.05) is 38.4 Å². The molecule has 0 aliphatic carbocycles. The van der Waals surface area contributed by atoms with Crippen molar-refractivity contribution in [2.24, 2.45) is 0 Å². The van der Waals surface area contributed by atoms with E-state index < -0.39 is 28.1 Å². The van der Waals surface area contributed by atoms with Crippen LogP contribution in [0.25, 0.3) is 0 Å². The van der Waals surface area contributed by atoms with Crippen LogP contribution in [0.2, 0.25) is 0 Å². The molecule has 1 N–H and O–H groups in total. The van der Waals surface area contributed by atoms with Crippen LogP contribution in [0.4, 0.5) is 10.5 Å². The van der Waals surface area contributed by atoms with E-state index in [2.05, 4.69) is 6.58 Å². The second-order valence-corrected chi connectivity index (χ2v) is 11.3. The lowest BCUT2D eigenvalue weighted by Crippen LogP contribution is -2.50. The Labute approximate surface area is 236 Å². The maximum atomic E-state index is 13.4. The van der Waals surface area contributed by atoms with Gasteiger partial charge in [0.1, 0.15) is 13.2 Å². The number of hydrogen-bond donors (Lipinski definition) is 1. The number of amides is 2. The van der Waals surface area contributed by atoms with Gasteiger partial charge in [0.25, 0.3) is 5.91 Å². The van der Waals surface area contributed by atoms with E-state index >= 15 is 0 Å². The minimum atomic E-state index is -1.65. The van der Waals surface area contributed by atoms with Crippen LogP contribution in [-0.2, 0) is 14.3 Å². The largest absolute Gasteiger partial charge is 0.493 e. The average molecular weight is 594 g/mol. The highest BCUT2D eigenvalue weighted by Gasteiger charge is 2.45. The first kappa shape index (κ1) is 30.1. The highest BCUT2D eigenvalue weighted by molar-refractivity contribution is 6.67. The van der Waals surface area contributed by atoms with Crippen molar-refractivity contribution in [2.45, 2.75) is 54.6 Å². The molecule has 10 nitrogen and oxygen atoms in total. The molecule has 1 aromatic carbocycles. The SMILES string of the molecule is C=CCOC(=O)N1c2cc(OCCCCCC(=O)OCC(Cl)(Cl)Cl)c(OC)cc2C(=O)N2CCC[C@H]2C1O. The van der Waals surface area contributed by atoms with Crippen molar-refractivity contribution in [3.8, 4) is 11.5 Å². The lowest BCUT2D eigenvalue weighted by atomic mass is 10.1. The number of methoxy groups -OCH3 is 1. The Balaban J connectivity index is 1.71. The number of ether oxygens (including phenoxy) is 4. The van der Waals surface area contributed by atoms with Crippen LogP contribution in [0, 0.1) is 0 Å². The standard InChI is InChI=1S/C25H31Cl3N2O8/c1-3-11-37-24(34)30-18-14-20(36-12-6-4-5-9-21(31)38-15-25(26,27)28)19(35-2)13-16(18)22(32)29-10-7-8-17(29)23(30)33/h3,13-14,17,23,33H,1,4-12,15H2,2H3/t17-,23?/m0/s1. The van der Waals surface area contributed by atoms with E-state index in [0.29, 0.717) is 44.4 Å². The molecule has 0 aromatic heterocycles. The molecule has 0 radical (unpaired) electrons. The number of carbonyl (C=O) groups is 3. The fourth-order valence-corrected chi connectivity index (χ4v) is 4.55. The van der Waals surface area contributed by atoms with Crippen LogP contribution in [-0.4, -0.2) is 77.5 Å². The number of benzene rings is 1. The molecule has 3 rings (SSSR count). The van der Waals surface area contributed by atoms with Crippen LogP contribution in [0.5, 0.6) is 11.5 Å². The highest BCUT2D eigenvalue weighted by Crippen LogP contribution is 2.41. The smallest absolute Gasteiger partial charge is 0.416 e. The Morgan fingerprint density at radius 3 is 2.63 bits per heavy atom. The third-order valence-electron chi connectivity index (χ3n) is 6.14. The number of esters is 1. The normalized spacial score (nSPS) is 18.8. The van der Waals surface area contributed by atoms with Gasteiger partial charge in [0, 0.05) is 19.0 Å². The quantitative estimate of drug-likeness (QED) is 0.171. The molecule has 2 aliphatic rings. The summed E-state index contributed by atoms with van der Waals surface area (Å²) in [5, 5.41) is 11.1. The first-order valence-electron chi connectivity index (χ1n) is 12.2. The lowest BCUT2D eigenvalue weighted by molar-refractivity contribution is -0.143. The molecule has 210 valence electrons. The molecule has 2 heterocycles. The topological polar surface area (TPSA) is 115 Å². The van der Waals surface area contributed by atoms with Gasteiger partial charge in [0.2, 0.25) is 3.79 Å². The highest BCUT2D eigenvalue weighted by atomic mass is 35.6. The Bertz CT molecular complexity index is 1030. The van der Waals surface area contributed by atoms with E-state index in [1.54, 1.807) is 4.90 Å².